The molecule has 0 bridgehead atoms. The second-order valence-corrected chi connectivity index (χ2v) is 8.98. The van der Waals surface area contributed by atoms with Crippen LogP contribution < -0.4 is 0 Å². The molecule has 2 saturated heterocycles. The Bertz CT molecular complexity index is 817. The molecule has 1 N–H and O–H groups in total. The fraction of sp³-hybridized carbons (Fsp3) is 0.474. The molecule has 2 aliphatic heterocycles. The Morgan fingerprint density at radius 3 is 2.63 bits per heavy atom. The molecule has 3 heterocycles. The Morgan fingerprint density at radius 2 is 2.00 bits per heavy atom. The van der Waals surface area contributed by atoms with Crippen molar-refractivity contribution in [2.45, 2.75) is 36.9 Å². The Kier molecular flexibility index (Phi) is 5.20. The molecule has 0 unspecified atom stereocenters. The lowest BCUT2D eigenvalue weighted by atomic mass is 9.83. The number of thiazole rings is 1. The van der Waals surface area contributed by atoms with Gasteiger partial charge in [-0.3, -0.25) is 4.79 Å². The molecular weight excluding hydrogens is 407 g/mol. The van der Waals surface area contributed by atoms with Gasteiger partial charge in [-0.2, -0.15) is 0 Å². The van der Waals surface area contributed by atoms with Crippen molar-refractivity contribution < 1.29 is 14.6 Å². The molecule has 1 aromatic heterocycles. The van der Waals surface area contributed by atoms with Crippen LogP contribution in [0.2, 0.25) is 10.0 Å². The topological polar surface area (TPSA) is 62.7 Å². The molecule has 0 radical (unpaired) electrons. The normalized spacial score (nSPS) is 24.5. The number of aromatic nitrogens is 1. The first-order valence-electron chi connectivity index (χ1n) is 8.88. The summed E-state index contributed by atoms with van der Waals surface area (Å²) in [6.07, 6.45) is 3.80. The van der Waals surface area contributed by atoms with Crippen LogP contribution in [-0.4, -0.2) is 46.2 Å². The Labute approximate surface area is 171 Å². The van der Waals surface area contributed by atoms with Gasteiger partial charge in [0.25, 0.3) is 0 Å². The van der Waals surface area contributed by atoms with Crippen LogP contribution in [0.4, 0.5) is 0 Å². The lowest BCUT2D eigenvalue weighted by molar-refractivity contribution is -0.135. The van der Waals surface area contributed by atoms with Crippen molar-refractivity contribution in [1.29, 1.82) is 0 Å². The summed E-state index contributed by atoms with van der Waals surface area (Å²) in [5, 5.41) is 14.5. The minimum atomic E-state index is -1.02. The highest BCUT2D eigenvalue weighted by atomic mass is 35.5. The number of likely N-dealkylation sites (tertiary alicyclic amines) is 1. The van der Waals surface area contributed by atoms with Crippen LogP contribution in [0.5, 0.6) is 0 Å². The highest BCUT2D eigenvalue weighted by molar-refractivity contribution is 7.09. The molecule has 4 rings (SSSR count). The number of piperidine rings is 1. The van der Waals surface area contributed by atoms with E-state index < -0.39 is 5.60 Å². The maximum atomic E-state index is 12.7. The van der Waals surface area contributed by atoms with Crippen LogP contribution in [0.1, 0.15) is 29.8 Å². The molecule has 8 heteroatoms. The molecule has 1 aromatic carbocycles. The first kappa shape index (κ1) is 19.2. The summed E-state index contributed by atoms with van der Waals surface area (Å²) in [7, 11) is 0. The Morgan fingerprint density at radius 1 is 1.30 bits per heavy atom. The van der Waals surface area contributed by atoms with Crippen molar-refractivity contribution in [1.82, 2.24) is 9.88 Å². The summed E-state index contributed by atoms with van der Waals surface area (Å²) in [6.45, 7) is 1.44. The third kappa shape index (κ3) is 3.74. The second-order valence-electron chi connectivity index (χ2n) is 7.28. The number of benzene rings is 1. The van der Waals surface area contributed by atoms with E-state index in [0.717, 1.165) is 0 Å². The van der Waals surface area contributed by atoms with Gasteiger partial charge in [0.1, 0.15) is 10.6 Å². The summed E-state index contributed by atoms with van der Waals surface area (Å²) < 4.78 is 6.04. The third-order valence-electron chi connectivity index (χ3n) is 5.48. The predicted octanol–water partition coefficient (Wildman–Crippen LogP) is 3.66. The number of carbonyl (C=O) groups is 1. The maximum Gasteiger partial charge on any atom is 0.227 e. The van der Waals surface area contributed by atoms with Gasteiger partial charge in [0.05, 0.1) is 18.6 Å². The van der Waals surface area contributed by atoms with Crippen molar-refractivity contribution in [3.63, 3.8) is 0 Å². The van der Waals surface area contributed by atoms with E-state index in [1.165, 1.54) is 11.3 Å². The van der Waals surface area contributed by atoms with Crippen molar-refractivity contribution in [2.24, 2.45) is 0 Å². The SMILES string of the molecule is O=C(Cc1c(Cl)cccc1Cl)N1CCC2(CC1)C[C@](O)(c1nccs1)CO2. The molecule has 2 aromatic rings. The fourth-order valence-corrected chi connectivity index (χ4v) is 5.20. The van der Waals surface area contributed by atoms with E-state index in [1.54, 1.807) is 24.4 Å². The number of hydrogen-bond acceptors (Lipinski definition) is 5. The second kappa shape index (κ2) is 7.33. The number of hydrogen-bond donors (Lipinski definition) is 1. The number of carbonyl (C=O) groups excluding carboxylic acids is 1. The molecule has 2 fully saturated rings. The molecule has 144 valence electrons. The Balaban J connectivity index is 1.39. The minimum Gasteiger partial charge on any atom is -0.380 e. The van der Waals surface area contributed by atoms with Gasteiger partial charge in [-0.05, 0) is 30.5 Å². The summed E-state index contributed by atoms with van der Waals surface area (Å²) in [4.78, 5) is 18.8. The number of nitrogens with zero attached hydrogens (tertiary/aromatic N) is 2. The van der Waals surface area contributed by atoms with Crippen LogP contribution >= 0.6 is 34.5 Å². The zero-order chi connectivity index (χ0) is 19.1. The van der Waals surface area contributed by atoms with Crippen molar-refractivity contribution in [2.75, 3.05) is 19.7 Å². The van der Waals surface area contributed by atoms with Crippen LogP contribution in [0.3, 0.4) is 0 Å². The molecule has 5 nitrogen and oxygen atoms in total. The monoisotopic (exact) mass is 426 g/mol. The summed E-state index contributed by atoms with van der Waals surface area (Å²) in [5.74, 6) is 0.00744. The number of halogens is 2. The molecule has 1 atom stereocenters. The summed E-state index contributed by atoms with van der Waals surface area (Å²) >= 11 is 13.8. The van der Waals surface area contributed by atoms with Crippen LogP contribution in [0.25, 0.3) is 0 Å². The third-order valence-corrected chi connectivity index (χ3v) is 7.15. The van der Waals surface area contributed by atoms with Gasteiger partial charge in [0, 0.05) is 41.1 Å². The highest BCUT2D eigenvalue weighted by Gasteiger charge is 2.52. The predicted molar refractivity (Wildman–Crippen MR) is 105 cm³/mol. The zero-order valence-corrected chi connectivity index (χ0v) is 17.0. The summed E-state index contributed by atoms with van der Waals surface area (Å²) in [5.41, 5.74) is -0.744. The van der Waals surface area contributed by atoms with Gasteiger partial charge in [0.2, 0.25) is 5.91 Å². The smallest absolute Gasteiger partial charge is 0.227 e. The van der Waals surface area contributed by atoms with Gasteiger partial charge in [-0.1, -0.05) is 29.3 Å². The van der Waals surface area contributed by atoms with Crippen LogP contribution in [0.15, 0.2) is 29.8 Å². The lowest BCUT2D eigenvalue weighted by Gasteiger charge is -2.39. The van der Waals surface area contributed by atoms with E-state index in [-0.39, 0.29) is 24.5 Å². The molecular formula is C19H20Cl2N2O3S. The van der Waals surface area contributed by atoms with Gasteiger partial charge in [-0.25, -0.2) is 4.98 Å². The average molecular weight is 427 g/mol. The van der Waals surface area contributed by atoms with E-state index in [4.69, 9.17) is 27.9 Å². The minimum absolute atomic E-state index is 0.00744. The number of ether oxygens (including phenoxy) is 1. The van der Waals surface area contributed by atoms with Gasteiger partial charge < -0.3 is 14.7 Å². The Hall–Kier alpha value is -1.18. The van der Waals surface area contributed by atoms with Gasteiger partial charge in [0.15, 0.2) is 0 Å². The van der Waals surface area contributed by atoms with E-state index in [0.29, 0.717) is 53.0 Å². The van der Waals surface area contributed by atoms with Gasteiger partial charge in [-0.15, -0.1) is 11.3 Å². The quantitative estimate of drug-likeness (QED) is 0.812. The van der Waals surface area contributed by atoms with E-state index >= 15 is 0 Å². The van der Waals surface area contributed by atoms with Crippen LogP contribution in [0, 0.1) is 0 Å². The highest BCUT2D eigenvalue weighted by Crippen LogP contribution is 2.45. The lowest BCUT2D eigenvalue weighted by Crippen LogP contribution is -2.47. The molecule has 27 heavy (non-hydrogen) atoms. The fourth-order valence-electron chi connectivity index (χ4n) is 3.95. The van der Waals surface area contributed by atoms with Crippen molar-refractivity contribution in [3.05, 3.63) is 50.4 Å². The van der Waals surface area contributed by atoms with Crippen molar-refractivity contribution in [3.8, 4) is 0 Å². The van der Waals surface area contributed by atoms with E-state index in [2.05, 4.69) is 4.98 Å². The molecule has 1 spiro atoms. The van der Waals surface area contributed by atoms with Crippen molar-refractivity contribution >= 4 is 40.4 Å². The molecule has 1 amide bonds. The summed E-state index contributed by atoms with van der Waals surface area (Å²) in [6, 6.07) is 5.25. The standard InChI is InChI=1S/C19H20Cl2N2O3S/c20-14-2-1-3-15(21)13(14)10-16(24)23-7-4-18(5-8-23)11-19(25,12-26-18)17-22-6-9-27-17/h1-3,6,9,25H,4-5,7-8,10-12H2/t19-/m1/s1. The first-order chi connectivity index (χ1) is 12.9. The first-order valence-corrected chi connectivity index (χ1v) is 10.5. The van der Waals surface area contributed by atoms with E-state index in [1.807, 2.05) is 10.3 Å². The molecule has 0 saturated carbocycles. The number of rotatable bonds is 3. The molecule has 2 aliphatic rings. The van der Waals surface area contributed by atoms with Crippen LogP contribution in [-0.2, 0) is 21.6 Å². The average Bonchev–Trinajstić information content (AvgIpc) is 3.29. The number of aliphatic hydroxyl groups is 1. The number of amides is 1. The zero-order valence-electron chi connectivity index (χ0n) is 14.7. The largest absolute Gasteiger partial charge is 0.380 e. The van der Waals surface area contributed by atoms with E-state index in [9.17, 15) is 9.90 Å². The molecule has 0 aliphatic carbocycles. The van der Waals surface area contributed by atoms with Gasteiger partial charge >= 0.3 is 0 Å². The maximum absolute atomic E-state index is 12.7.